The van der Waals surface area contributed by atoms with Gasteiger partial charge >= 0.3 is 0 Å². The van der Waals surface area contributed by atoms with Gasteiger partial charge in [0, 0.05) is 23.4 Å². The van der Waals surface area contributed by atoms with Gasteiger partial charge in [-0.25, -0.2) is 8.42 Å². The number of likely N-dealkylation sites (N-methyl/N-ethyl adjacent to an activating group) is 1. The van der Waals surface area contributed by atoms with E-state index in [2.05, 4.69) is 15.4 Å². The van der Waals surface area contributed by atoms with Crippen LogP contribution in [-0.2, 0) is 14.8 Å². The summed E-state index contributed by atoms with van der Waals surface area (Å²) in [6.45, 7) is 5.22. The molecule has 0 saturated heterocycles. The van der Waals surface area contributed by atoms with Crippen molar-refractivity contribution in [2.75, 3.05) is 11.3 Å². The van der Waals surface area contributed by atoms with E-state index < -0.39 is 22.0 Å². The smallest absolute Gasteiger partial charge is 0.261 e. The normalized spacial score (nSPS) is 12.0. The topological polar surface area (TPSA) is 121 Å². The van der Waals surface area contributed by atoms with Crippen LogP contribution in [-0.4, -0.2) is 38.6 Å². The monoisotopic (exact) mass is 417 g/mol. The van der Waals surface area contributed by atoms with E-state index in [4.69, 9.17) is 0 Å². The molecule has 0 aromatic heterocycles. The number of Topliss-reactive ketones (excluding diaryl/α,β-unsaturated/α-hetero) is 1. The molecule has 29 heavy (non-hydrogen) atoms. The van der Waals surface area contributed by atoms with Crippen molar-refractivity contribution in [1.29, 1.82) is 0 Å². The van der Waals surface area contributed by atoms with Gasteiger partial charge in [0.05, 0.1) is 4.90 Å². The molecule has 0 radical (unpaired) electrons. The molecule has 0 fully saturated rings. The number of carbonyl (C=O) groups excluding carboxylic acids is 3. The maximum absolute atomic E-state index is 12.5. The summed E-state index contributed by atoms with van der Waals surface area (Å²) >= 11 is 0. The highest BCUT2D eigenvalue weighted by Gasteiger charge is 2.17. The zero-order chi connectivity index (χ0) is 21.6. The SMILES string of the molecule is CCNC(=O)[C@H](C)NC(=O)c1ccc(NS(=O)(=O)c2ccc(C(C)=O)cc2)cc1. The van der Waals surface area contributed by atoms with E-state index in [1.807, 2.05) is 0 Å². The predicted octanol–water partition coefficient (Wildman–Crippen LogP) is 1.94. The fraction of sp³-hybridized carbons (Fsp3) is 0.250. The first kappa shape index (κ1) is 22.1. The molecule has 0 heterocycles. The molecule has 0 bridgehead atoms. The molecular weight excluding hydrogens is 394 g/mol. The highest BCUT2D eigenvalue weighted by atomic mass is 32.2. The standard InChI is InChI=1S/C20H23N3O5S/c1-4-21-19(25)13(2)22-20(26)16-5-9-17(10-6-16)23-29(27,28)18-11-7-15(8-12-18)14(3)24/h5-13,23H,4H2,1-3H3,(H,21,25)(H,22,26)/t13-/m0/s1. The Morgan fingerprint density at radius 1 is 0.931 bits per heavy atom. The number of rotatable bonds is 8. The van der Waals surface area contributed by atoms with Gasteiger partial charge in [-0.2, -0.15) is 0 Å². The molecule has 2 rings (SSSR count). The zero-order valence-electron chi connectivity index (χ0n) is 16.4. The van der Waals surface area contributed by atoms with Gasteiger partial charge in [-0.15, -0.1) is 0 Å². The molecular formula is C20H23N3O5S. The fourth-order valence-corrected chi connectivity index (χ4v) is 3.50. The largest absolute Gasteiger partial charge is 0.355 e. The van der Waals surface area contributed by atoms with Crippen molar-refractivity contribution in [3.8, 4) is 0 Å². The highest BCUT2D eigenvalue weighted by molar-refractivity contribution is 7.92. The molecule has 0 aliphatic heterocycles. The van der Waals surface area contributed by atoms with Crippen molar-refractivity contribution >= 4 is 33.3 Å². The van der Waals surface area contributed by atoms with Crippen molar-refractivity contribution in [3.63, 3.8) is 0 Å². The van der Waals surface area contributed by atoms with Crippen LogP contribution in [0.3, 0.4) is 0 Å². The van der Waals surface area contributed by atoms with E-state index in [0.29, 0.717) is 12.1 Å². The van der Waals surface area contributed by atoms with E-state index in [9.17, 15) is 22.8 Å². The van der Waals surface area contributed by atoms with Crippen LogP contribution in [0.4, 0.5) is 5.69 Å². The fourth-order valence-electron chi connectivity index (χ4n) is 2.45. The quantitative estimate of drug-likeness (QED) is 0.567. The average Bonchev–Trinajstić information content (AvgIpc) is 2.68. The lowest BCUT2D eigenvalue weighted by Gasteiger charge is -2.13. The molecule has 8 nitrogen and oxygen atoms in total. The molecule has 2 aromatic rings. The Morgan fingerprint density at radius 2 is 1.48 bits per heavy atom. The first-order valence-corrected chi connectivity index (χ1v) is 10.4. The van der Waals surface area contributed by atoms with Crippen LogP contribution in [0.1, 0.15) is 41.5 Å². The summed E-state index contributed by atoms with van der Waals surface area (Å²) < 4.78 is 27.3. The predicted molar refractivity (Wildman–Crippen MR) is 109 cm³/mol. The van der Waals surface area contributed by atoms with Gasteiger partial charge in [0.25, 0.3) is 15.9 Å². The first-order valence-electron chi connectivity index (χ1n) is 8.96. The molecule has 0 aliphatic rings. The number of hydrogen-bond acceptors (Lipinski definition) is 5. The Labute approximate surface area is 169 Å². The zero-order valence-corrected chi connectivity index (χ0v) is 17.2. The van der Waals surface area contributed by atoms with E-state index in [1.54, 1.807) is 13.8 Å². The molecule has 3 N–H and O–H groups in total. The van der Waals surface area contributed by atoms with Crippen molar-refractivity contribution in [2.45, 2.75) is 31.7 Å². The number of nitrogens with one attached hydrogen (secondary N) is 3. The number of hydrogen-bond donors (Lipinski definition) is 3. The number of benzene rings is 2. The summed E-state index contributed by atoms with van der Waals surface area (Å²) in [5.41, 5.74) is 0.977. The second-order valence-corrected chi connectivity index (χ2v) is 8.04. The Balaban J connectivity index is 2.06. The van der Waals surface area contributed by atoms with Gasteiger partial charge in [-0.1, -0.05) is 12.1 Å². The Bertz CT molecular complexity index is 999. The highest BCUT2D eigenvalue weighted by Crippen LogP contribution is 2.17. The second kappa shape index (κ2) is 9.33. The molecule has 2 amide bonds. The van der Waals surface area contributed by atoms with E-state index >= 15 is 0 Å². The lowest BCUT2D eigenvalue weighted by atomic mass is 10.2. The van der Waals surface area contributed by atoms with Crippen molar-refractivity contribution in [1.82, 2.24) is 10.6 Å². The van der Waals surface area contributed by atoms with E-state index in [-0.39, 0.29) is 27.8 Å². The molecule has 0 unspecified atom stereocenters. The third kappa shape index (κ3) is 5.89. The minimum Gasteiger partial charge on any atom is -0.355 e. The summed E-state index contributed by atoms with van der Waals surface area (Å²) in [5, 5.41) is 5.18. The Hall–Kier alpha value is -3.20. The van der Waals surface area contributed by atoms with Gasteiger partial charge < -0.3 is 10.6 Å². The van der Waals surface area contributed by atoms with Crippen LogP contribution in [0.5, 0.6) is 0 Å². The number of anilines is 1. The summed E-state index contributed by atoms with van der Waals surface area (Å²) in [7, 11) is -3.84. The van der Waals surface area contributed by atoms with Crippen LogP contribution in [0.2, 0.25) is 0 Å². The molecule has 0 aliphatic carbocycles. The Kier molecular flexibility index (Phi) is 7.11. The third-order valence-corrected chi connectivity index (χ3v) is 5.46. The summed E-state index contributed by atoms with van der Waals surface area (Å²) in [4.78, 5) is 35.2. The second-order valence-electron chi connectivity index (χ2n) is 6.35. The first-order chi connectivity index (χ1) is 13.6. The molecule has 1 atom stereocenters. The van der Waals surface area contributed by atoms with Gasteiger partial charge in [0.15, 0.2) is 5.78 Å². The lowest BCUT2D eigenvalue weighted by molar-refractivity contribution is -0.122. The summed E-state index contributed by atoms with van der Waals surface area (Å²) in [6, 6.07) is 10.7. The van der Waals surface area contributed by atoms with Crippen LogP contribution in [0.25, 0.3) is 0 Å². The van der Waals surface area contributed by atoms with Gasteiger partial charge in [0.1, 0.15) is 6.04 Å². The average molecular weight is 417 g/mol. The molecule has 0 spiro atoms. The summed E-state index contributed by atoms with van der Waals surface area (Å²) in [6.07, 6.45) is 0. The van der Waals surface area contributed by atoms with Crippen LogP contribution in [0, 0.1) is 0 Å². The van der Waals surface area contributed by atoms with E-state index in [0.717, 1.165) is 0 Å². The minimum atomic E-state index is -3.84. The number of sulfonamides is 1. The van der Waals surface area contributed by atoms with Gasteiger partial charge in [0.2, 0.25) is 5.91 Å². The molecule has 154 valence electrons. The van der Waals surface area contributed by atoms with Gasteiger partial charge in [-0.05, 0) is 57.2 Å². The van der Waals surface area contributed by atoms with Crippen LogP contribution < -0.4 is 15.4 Å². The lowest BCUT2D eigenvalue weighted by Crippen LogP contribution is -2.44. The van der Waals surface area contributed by atoms with Crippen LogP contribution >= 0.6 is 0 Å². The van der Waals surface area contributed by atoms with Gasteiger partial charge in [-0.3, -0.25) is 19.1 Å². The van der Waals surface area contributed by atoms with Crippen molar-refractivity contribution < 1.29 is 22.8 Å². The minimum absolute atomic E-state index is 0.0140. The van der Waals surface area contributed by atoms with Crippen LogP contribution in [0.15, 0.2) is 53.4 Å². The number of ketones is 1. The molecule has 2 aromatic carbocycles. The van der Waals surface area contributed by atoms with Crippen molar-refractivity contribution in [2.24, 2.45) is 0 Å². The molecule has 0 saturated carbocycles. The van der Waals surface area contributed by atoms with E-state index in [1.165, 1.54) is 55.5 Å². The maximum atomic E-state index is 12.5. The molecule has 9 heteroatoms. The third-order valence-electron chi connectivity index (χ3n) is 4.06. The van der Waals surface area contributed by atoms with Crippen molar-refractivity contribution in [3.05, 3.63) is 59.7 Å². The number of carbonyl (C=O) groups is 3. The summed E-state index contributed by atoms with van der Waals surface area (Å²) in [5.74, 6) is -0.892. The number of amides is 2. The maximum Gasteiger partial charge on any atom is 0.261 e. The Morgan fingerprint density at radius 3 is 2.00 bits per heavy atom.